The van der Waals surface area contributed by atoms with Crippen LogP contribution in [0.4, 0.5) is 5.82 Å². The number of hydroxylamine groups is 2. The fourth-order valence-corrected chi connectivity index (χ4v) is 2.17. The Kier molecular flexibility index (Phi) is 5.49. The Morgan fingerprint density at radius 1 is 1.38 bits per heavy atom. The first-order valence-electron chi connectivity index (χ1n) is 6.80. The van der Waals surface area contributed by atoms with Crippen LogP contribution >= 0.6 is 0 Å². The molecule has 1 unspecified atom stereocenters. The molecule has 1 aliphatic rings. The minimum absolute atomic E-state index is 0.277. The van der Waals surface area contributed by atoms with Crippen LogP contribution < -0.4 is 4.90 Å². The van der Waals surface area contributed by atoms with E-state index in [9.17, 15) is 4.79 Å². The van der Waals surface area contributed by atoms with E-state index in [4.69, 9.17) is 14.3 Å². The van der Waals surface area contributed by atoms with Gasteiger partial charge in [-0.15, -0.1) is 0 Å². The molecule has 1 fully saturated rings. The summed E-state index contributed by atoms with van der Waals surface area (Å²) in [7, 11) is 4.47. The lowest BCUT2D eigenvalue weighted by molar-refractivity contribution is -0.179. The van der Waals surface area contributed by atoms with Crippen molar-refractivity contribution < 1.29 is 19.1 Å². The van der Waals surface area contributed by atoms with Crippen molar-refractivity contribution >= 4 is 11.7 Å². The summed E-state index contributed by atoms with van der Waals surface area (Å²) in [6.45, 7) is 3.07. The van der Waals surface area contributed by atoms with Crippen LogP contribution in [0.1, 0.15) is 11.7 Å². The van der Waals surface area contributed by atoms with Gasteiger partial charge < -0.3 is 14.4 Å². The number of ether oxygens (including phenoxy) is 2. The van der Waals surface area contributed by atoms with Crippen LogP contribution in [0, 0.1) is 0 Å². The van der Waals surface area contributed by atoms with E-state index in [2.05, 4.69) is 9.88 Å². The minimum Gasteiger partial charge on any atom is -0.378 e. The topological polar surface area (TPSA) is 64.1 Å². The molecule has 1 amide bonds. The molecular formula is C14H21N3O4. The number of aromatic nitrogens is 1. The molecule has 0 aromatic carbocycles. The number of hydrogen-bond donors (Lipinski definition) is 0. The van der Waals surface area contributed by atoms with E-state index in [1.807, 2.05) is 12.1 Å². The van der Waals surface area contributed by atoms with Gasteiger partial charge in [0, 0.05) is 39.0 Å². The molecule has 1 aliphatic heterocycles. The number of carbonyl (C=O) groups is 1. The number of hydrogen-bond acceptors (Lipinski definition) is 6. The molecule has 0 bridgehead atoms. The highest BCUT2D eigenvalue weighted by Gasteiger charge is 2.24. The molecule has 1 aromatic heterocycles. The van der Waals surface area contributed by atoms with E-state index in [0.717, 1.165) is 24.0 Å². The lowest BCUT2D eigenvalue weighted by atomic mass is 10.1. The Balaban J connectivity index is 2.10. The third kappa shape index (κ3) is 3.69. The predicted molar refractivity (Wildman–Crippen MR) is 76.8 cm³/mol. The van der Waals surface area contributed by atoms with Gasteiger partial charge in [0.2, 0.25) is 0 Å². The number of morpholine rings is 1. The smallest absolute Gasteiger partial charge is 0.279 e. The number of anilines is 1. The predicted octanol–water partition coefficient (Wildman–Crippen LogP) is 0.625. The van der Waals surface area contributed by atoms with Crippen LogP contribution in [0.2, 0.25) is 0 Å². The number of likely N-dealkylation sites (N-methyl/N-ethyl adjacent to an activating group) is 1. The number of rotatable bonds is 5. The van der Waals surface area contributed by atoms with Crippen molar-refractivity contribution in [2.45, 2.75) is 6.10 Å². The van der Waals surface area contributed by atoms with Crippen molar-refractivity contribution in [1.29, 1.82) is 0 Å². The van der Waals surface area contributed by atoms with Gasteiger partial charge in [0.15, 0.2) is 6.10 Å². The molecule has 7 nitrogen and oxygen atoms in total. The summed E-state index contributed by atoms with van der Waals surface area (Å²) in [5.74, 6) is 0.602. The van der Waals surface area contributed by atoms with Gasteiger partial charge in [0.25, 0.3) is 5.91 Å². The highest BCUT2D eigenvalue weighted by molar-refractivity contribution is 5.81. The Labute approximate surface area is 124 Å². The molecule has 0 radical (unpaired) electrons. The summed E-state index contributed by atoms with van der Waals surface area (Å²) in [5.41, 5.74) is 0.698. The van der Waals surface area contributed by atoms with Crippen LogP contribution in [0.5, 0.6) is 0 Å². The van der Waals surface area contributed by atoms with Crippen molar-refractivity contribution in [3.8, 4) is 0 Å². The SMILES string of the molecule is COC(C(=O)N(C)OC)c1ccc(N2CCOCC2)nc1. The second-order valence-electron chi connectivity index (χ2n) is 4.68. The third-order valence-electron chi connectivity index (χ3n) is 3.45. The second kappa shape index (κ2) is 7.35. The van der Waals surface area contributed by atoms with Gasteiger partial charge in [-0.1, -0.05) is 6.07 Å². The molecule has 0 saturated carbocycles. The molecule has 7 heteroatoms. The lowest BCUT2D eigenvalue weighted by Crippen LogP contribution is -2.36. The average molecular weight is 295 g/mol. The molecule has 0 spiro atoms. The Bertz CT molecular complexity index is 460. The monoisotopic (exact) mass is 295 g/mol. The maximum absolute atomic E-state index is 12.1. The van der Waals surface area contributed by atoms with Crippen molar-refractivity contribution in [3.05, 3.63) is 23.9 Å². The van der Waals surface area contributed by atoms with Crippen LogP contribution in [0.25, 0.3) is 0 Å². The van der Waals surface area contributed by atoms with E-state index in [1.54, 1.807) is 13.2 Å². The van der Waals surface area contributed by atoms with E-state index >= 15 is 0 Å². The van der Waals surface area contributed by atoms with Crippen molar-refractivity contribution in [1.82, 2.24) is 10.0 Å². The van der Waals surface area contributed by atoms with Gasteiger partial charge in [-0.25, -0.2) is 10.0 Å². The van der Waals surface area contributed by atoms with Gasteiger partial charge >= 0.3 is 0 Å². The molecule has 1 saturated heterocycles. The summed E-state index contributed by atoms with van der Waals surface area (Å²) in [5, 5.41) is 1.14. The second-order valence-corrected chi connectivity index (χ2v) is 4.68. The molecule has 2 heterocycles. The number of carbonyl (C=O) groups excluding carboxylic acids is 1. The van der Waals surface area contributed by atoms with Crippen LogP contribution in [0.3, 0.4) is 0 Å². The zero-order chi connectivity index (χ0) is 15.2. The molecule has 0 aliphatic carbocycles. The molecule has 116 valence electrons. The molecule has 0 N–H and O–H groups in total. The Morgan fingerprint density at radius 2 is 2.10 bits per heavy atom. The molecule has 1 atom stereocenters. The number of amides is 1. The number of methoxy groups -OCH3 is 1. The Morgan fingerprint density at radius 3 is 2.62 bits per heavy atom. The summed E-state index contributed by atoms with van der Waals surface area (Å²) in [6, 6.07) is 3.75. The first kappa shape index (κ1) is 15.7. The van der Waals surface area contributed by atoms with E-state index < -0.39 is 6.10 Å². The van der Waals surface area contributed by atoms with Gasteiger partial charge in [-0.2, -0.15) is 0 Å². The maximum atomic E-state index is 12.1. The highest BCUT2D eigenvalue weighted by atomic mass is 16.7. The quantitative estimate of drug-likeness (QED) is 0.742. The largest absolute Gasteiger partial charge is 0.378 e. The summed E-state index contributed by atoms with van der Waals surface area (Å²) in [6.07, 6.45) is 0.946. The van der Waals surface area contributed by atoms with E-state index in [-0.39, 0.29) is 5.91 Å². The fraction of sp³-hybridized carbons (Fsp3) is 0.571. The van der Waals surface area contributed by atoms with Crippen molar-refractivity contribution in [3.63, 3.8) is 0 Å². The normalized spacial score (nSPS) is 16.6. The third-order valence-corrected chi connectivity index (χ3v) is 3.45. The first-order valence-corrected chi connectivity index (χ1v) is 6.80. The molecule has 2 rings (SSSR count). The summed E-state index contributed by atoms with van der Waals surface area (Å²) < 4.78 is 10.6. The van der Waals surface area contributed by atoms with Gasteiger partial charge in [0.05, 0.1) is 20.3 Å². The zero-order valence-corrected chi connectivity index (χ0v) is 12.6. The molecule has 1 aromatic rings. The lowest BCUT2D eigenvalue weighted by Gasteiger charge is -2.28. The first-order chi connectivity index (χ1) is 10.2. The average Bonchev–Trinajstić information content (AvgIpc) is 2.56. The number of nitrogens with zero attached hydrogens (tertiary/aromatic N) is 3. The van der Waals surface area contributed by atoms with Crippen molar-refractivity contribution in [2.24, 2.45) is 0 Å². The van der Waals surface area contributed by atoms with E-state index in [0.29, 0.717) is 18.8 Å². The van der Waals surface area contributed by atoms with Gasteiger partial charge in [0.1, 0.15) is 5.82 Å². The van der Waals surface area contributed by atoms with Gasteiger partial charge in [-0.05, 0) is 6.07 Å². The standard InChI is InChI=1S/C14H21N3O4/c1-16(20-3)14(18)13(19-2)11-4-5-12(15-10-11)17-6-8-21-9-7-17/h4-5,10,13H,6-9H2,1-3H3. The van der Waals surface area contributed by atoms with Crippen molar-refractivity contribution in [2.75, 3.05) is 52.5 Å². The van der Waals surface area contributed by atoms with Crippen LogP contribution in [-0.2, 0) is 19.1 Å². The number of pyridine rings is 1. The van der Waals surface area contributed by atoms with Gasteiger partial charge in [-0.3, -0.25) is 9.63 Å². The zero-order valence-electron chi connectivity index (χ0n) is 12.6. The van der Waals surface area contributed by atoms with Crippen LogP contribution in [-0.4, -0.2) is 63.5 Å². The summed E-state index contributed by atoms with van der Waals surface area (Å²) in [4.78, 5) is 23.6. The minimum atomic E-state index is -0.721. The highest BCUT2D eigenvalue weighted by Crippen LogP contribution is 2.21. The maximum Gasteiger partial charge on any atom is 0.279 e. The fourth-order valence-electron chi connectivity index (χ4n) is 2.17. The van der Waals surface area contributed by atoms with Crippen LogP contribution in [0.15, 0.2) is 18.3 Å². The van der Waals surface area contributed by atoms with E-state index in [1.165, 1.54) is 14.2 Å². The molecule has 21 heavy (non-hydrogen) atoms. The molecular weight excluding hydrogens is 274 g/mol. The Hall–Kier alpha value is -1.70. The summed E-state index contributed by atoms with van der Waals surface area (Å²) >= 11 is 0.